The zero-order chi connectivity index (χ0) is 22.8. The molecule has 2 aromatic rings. The van der Waals surface area contributed by atoms with Gasteiger partial charge in [-0.05, 0) is 85.1 Å². The molecule has 0 aliphatic heterocycles. The lowest BCUT2D eigenvalue weighted by molar-refractivity contribution is -0.134. The highest BCUT2D eigenvalue weighted by Crippen LogP contribution is 2.39. The molecule has 1 saturated carbocycles. The summed E-state index contributed by atoms with van der Waals surface area (Å²) in [4.78, 5) is 11.7. The summed E-state index contributed by atoms with van der Waals surface area (Å²) in [5.74, 6) is 3.07. The van der Waals surface area contributed by atoms with E-state index in [9.17, 15) is 4.79 Å². The predicted octanol–water partition coefficient (Wildman–Crippen LogP) is 8.94. The van der Waals surface area contributed by atoms with Gasteiger partial charge in [0.1, 0.15) is 5.75 Å². The molecule has 0 heterocycles. The maximum absolute atomic E-state index is 11.7. The third-order valence-corrected chi connectivity index (χ3v) is 7.31. The summed E-state index contributed by atoms with van der Waals surface area (Å²) < 4.78 is 5.36. The van der Waals surface area contributed by atoms with Gasteiger partial charge in [-0.3, -0.25) is 4.79 Å². The molecule has 0 N–H and O–H groups in total. The van der Waals surface area contributed by atoms with Crippen LogP contribution >= 0.6 is 0 Å². The second kappa shape index (κ2) is 12.8. The second-order valence-corrected chi connectivity index (χ2v) is 9.74. The Kier molecular flexibility index (Phi) is 9.84. The zero-order valence-corrected chi connectivity index (χ0v) is 20.4. The van der Waals surface area contributed by atoms with Crippen molar-refractivity contribution in [1.82, 2.24) is 0 Å². The molecule has 1 fully saturated rings. The van der Waals surface area contributed by atoms with Crippen molar-refractivity contribution in [3.63, 3.8) is 0 Å². The fourth-order valence-electron chi connectivity index (χ4n) is 5.23. The molecule has 0 spiro atoms. The molecule has 2 heteroatoms. The summed E-state index contributed by atoms with van der Waals surface area (Å²) in [6, 6.07) is 17.0. The molecule has 1 aliphatic rings. The number of esters is 1. The van der Waals surface area contributed by atoms with Crippen molar-refractivity contribution in [2.45, 2.75) is 97.3 Å². The van der Waals surface area contributed by atoms with Crippen LogP contribution < -0.4 is 4.74 Å². The molecule has 3 rings (SSSR count). The van der Waals surface area contributed by atoms with Gasteiger partial charge in [-0.15, -0.1) is 0 Å². The highest BCUT2D eigenvalue weighted by Gasteiger charge is 2.24. The van der Waals surface area contributed by atoms with Gasteiger partial charge in [0.05, 0.1) is 0 Å². The van der Waals surface area contributed by atoms with Crippen LogP contribution in [0.15, 0.2) is 48.5 Å². The number of benzene rings is 2. The Morgan fingerprint density at radius 3 is 2.06 bits per heavy atom. The average Bonchev–Trinajstić information content (AvgIpc) is 2.83. The van der Waals surface area contributed by atoms with Crippen molar-refractivity contribution in [1.29, 1.82) is 0 Å². The first-order valence-electron chi connectivity index (χ1n) is 13.0. The van der Waals surface area contributed by atoms with Gasteiger partial charge in [-0.25, -0.2) is 0 Å². The normalized spacial score (nSPS) is 19.5. The molecule has 0 aromatic heterocycles. The Hall–Kier alpha value is -2.09. The maximum atomic E-state index is 11.7. The Bertz CT molecular complexity index is 798. The van der Waals surface area contributed by atoms with Crippen LogP contribution in [0.25, 0.3) is 11.1 Å². The molecule has 0 bridgehead atoms. The second-order valence-electron chi connectivity index (χ2n) is 9.74. The summed E-state index contributed by atoms with van der Waals surface area (Å²) >= 11 is 0. The van der Waals surface area contributed by atoms with Crippen molar-refractivity contribution in [3.05, 3.63) is 54.1 Å². The van der Waals surface area contributed by atoms with Gasteiger partial charge in [0.25, 0.3) is 0 Å². The van der Waals surface area contributed by atoms with Crippen LogP contribution in [-0.2, 0) is 4.79 Å². The fraction of sp³-hybridized carbons (Fsp3) is 0.567. The molecule has 1 atom stereocenters. The number of unbranched alkanes of at least 4 members (excludes halogenated alkanes) is 1. The van der Waals surface area contributed by atoms with Gasteiger partial charge < -0.3 is 4.74 Å². The molecule has 32 heavy (non-hydrogen) atoms. The topological polar surface area (TPSA) is 26.3 Å². The third kappa shape index (κ3) is 7.22. The van der Waals surface area contributed by atoms with Gasteiger partial charge in [0.2, 0.25) is 0 Å². The number of carbonyl (C=O) groups excluding carboxylic acids is 1. The first kappa shape index (κ1) is 24.6. The van der Waals surface area contributed by atoms with Gasteiger partial charge >= 0.3 is 5.97 Å². The zero-order valence-electron chi connectivity index (χ0n) is 20.4. The van der Waals surface area contributed by atoms with E-state index in [1.807, 2.05) is 31.2 Å². The lowest BCUT2D eigenvalue weighted by Gasteiger charge is -2.31. The summed E-state index contributed by atoms with van der Waals surface area (Å²) in [6.45, 7) is 6.67. The maximum Gasteiger partial charge on any atom is 0.311 e. The van der Waals surface area contributed by atoms with Gasteiger partial charge in [0.15, 0.2) is 0 Å². The van der Waals surface area contributed by atoms with E-state index in [-0.39, 0.29) is 5.97 Å². The van der Waals surface area contributed by atoms with Crippen LogP contribution in [-0.4, -0.2) is 5.97 Å². The van der Waals surface area contributed by atoms with E-state index in [0.717, 1.165) is 29.7 Å². The third-order valence-electron chi connectivity index (χ3n) is 7.31. The van der Waals surface area contributed by atoms with Crippen LogP contribution in [0, 0.1) is 11.8 Å². The minimum Gasteiger partial charge on any atom is -0.427 e. The average molecular weight is 435 g/mol. The smallest absolute Gasteiger partial charge is 0.311 e. The minimum absolute atomic E-state index is 0.162. The molecule has 0 amide bonds. The van der Waals surface area contributed by atoms with Crippen molar-refractivity contribution in [2.24, 2.45) is 11.8 Å². The molecular weight excluding hydrogens is 392 g/mol. The summed E-state index contributed by atoms with van der Waals surface area (Å²) in [7, 11) is 0. The highest BCUT2D eigenvalue weighted by atomic mass is 16.5. The molecule has 174 valence electrons. The molecule has 1 aliphatic carbocycles. The fourth-order valence-corrected chi connectivity index (χ4v) is 5.23. The highest BCUT2D eigenvalue weighted by molar-refractivity contribution is 5.73. The molecule has 2 nitrogen and oxygen atoms in total. The van der Waals surface area contributed by atoms with Gasteiger partial charge in [0, 0.05) is 6.42 Å². The van der Waals surface area contributed by atoms with Gasteiger partial charge in [-0.2, -0.15) is 0 Å². The standard InChI is InChI=1S/C30H42O2/c1-4-7-9-23(6-3)22-24-10-12-25(13-11-24)26-14-16-27(17-15-26)28-18-20-29(21-19-28)32-30(31)8-5-2/h14-21,23-25H,4-13,22H2,1-3H3. The molecule has 1 unspecified atom stereocenters. The Balaban J connectivity index is 1.51. The lowest BCUT2D eigenvalue weighted by atomic mass is 9.74. The van der Waals surface area contributed by atoms with Crippen molar-refractivity contribution >= 4 is 5.97 Å². The summed E-state index contributed by atoms with van der Waals surface area (Å²) in [5.41, 5.74) is 3.87. The van der Waals surface area contributed by atoms with E-state index in [1.54, 1.807) is 0 Å². The first-order chi connectivity index (χ1) is 15.6. The number of ether oxygens (including phenoxy) is 1. The number of hydrogen-bond donors (Lipinski definition) is 0. The lowest BCUT2D eigenvalue weighted by Crippen LogP contribution is -2.16. The number of rotatable bonds is 11. The van der Waals surface area contributed by atoms with Crippen LogP contribution in [0.4, 0.5) is 0 Å². The van der Waals surface area contributed by atoms with E-state index < -0.39 is 0 Å². The van der Waals surface area contributed by atoms with Crippen molar-refractivity contribution in [3.8, 4) is 16.9 Å². The van der Waals surface area contributed by atoms with Crippen LogP contribution in [0.1, 0.15) is 103 Å². The monoisotopic (exact) mass is 434 g/mol. The first-order valence-corrected chi connectivity index (χ1v) is 13.0. The Morgan fingerprint density at radius 2 is 1.50 bits per heavy atom. The Morgan fingerprint density at radius 1 is 0.875 bits per heavy atom. The summed E-state index contributed by atoms with van der Waals surface area (Å²) in [6.07, 6.45) is 13.7. The largest absolute Gasteiger partial charge is 0.427 e. The molecule has 0 saturated heterocycles. The molecule has 0 radical (unpaired) electrons. The van der Waals surface area contributed by atoms with E-state index in [1.165, 1.54) is 68.9 Å². The predicted molar refractivity (Wildman–Crippen MR) is 135 cm³/mol. The van der Waals surface area contributed by atoms with E-state index >= 15 is 0 Å². The summed E-state index contributed by atoms with van der Waals surface area (Å²) in [5, 5.41) is 0. The van der Waals surface area contributed by atoms with E-state index in [2.05, 4.69) is 38.1 Å². The number of carbonyl (C=O) groups is 1. The van der Waals surface area contributed by atoms with Crippen LogP contribution in [0.2, 0.25) is 0 Å². The van der Waals surface area contributed by atoms with Crippen molar-refractivity contribution in [2.75, 3.05) is 0 Å². The van der Waals surface area contributed by atoms with E-state index in [4.69, 9.17) is 4.74 Å². The number of hydrogen-bond acceptors (Lipinski definition) is 2. The quantitative estimate of drug-likeness (QED) is 0.260. The Labute approximate surface area is 195 Å². The van der Waals surface area contributed by atoms with Gasteiger partial charge in [-0.1, -0.05) is 82.9 Å². The molecule has 2 aromatic carbocycles. The van der Waals surface area contributed by atoms with Crippen molar-refractivity contribution < 1.29 is 9.53 Å². The minimum atomic E-state index is -0.162. The van der Waals surface area contributed by atoms with Crippen LogP contribution in [0.3, 0.4) is 0 Å². The molecular formula is C30H42O2. The van der Waals surface area contributed by atoms with Crippen LogP contribution in [0.5, 0.6) is 5.75 Å². The van der Waals surface area contributed by atoms with E-state index in [0.29, 0.717) is 12.2 Å². The SMILES string of the molecule is CCCCC(CC)CC1CCC(c2ccc(-c3ccc(OC(=O)CCC)cc3)cc2)CC1.